The molecule has 6 nitrogen and oxygen atoms in total. The Morgan fingerprint density at radius 3 is 2.60 bits per heavy atom. The molecule has 0 spiro atoms. The number of hydrogen-bond donors (Lipinski definition) is 1. The van der Waals surface area contributed by atoms with Crippen LogP contribution in [0, 0.1) is 0 Å². The molecular formula is C14H15N3O3. The Hall–Kier alpha value is -2.63. The molecule has 1 aromatic heterocycles. The lowest BCUT2D eigenvalue weighted by Gasteiger charge is -2.05. The van der Waals surface area contributed by atoms with Crippen molar-refractivity contribution < 1.29 is 14.3 Å². The molecule has 1 amide bonds. The van der Waals surface area contributed by atoms with E-state index in [1.807, 2.05) is 12.3 Å². The number of primary amides is 1. The van der Waals surface area contributed by atoms with E-state index in [2.05, 4.69) is 5.10 Å². The summed E-state index contributed by atoms with van der Waals surface area (Å²) < 4.78 is 6.74. The van der Waals surface area contributed by atoms with E-state index in [-0.39, 0.29) is 13.0 Å². The molecule has 0 atom stereocenters. The minimum absolute atomic E-state index is 0.183. The second-order valence-electron chi connectivity index (χ2n) is 4.20. The van der Waals surface area contributed by atoms with Crippen LogP contribution in [0.1, 0.15) is 23.2 Å². The maximum Gasteiger partial charge on any atom is 0.338 e. The van der Waals surface area contributed by atoms with Crippen LogP contribution in [0.3, 0.4) is 0 Å². The monoisotopic (exact) mass is 273 g/mol. The van der Waals surface area contributed by atoms with Gasteiger partial charge in [-0.1, -0.05) is 0 Å². The molecule has 0 aliphatic rings. The fraction of sp³-hybridized carbons (Fsp3) is 0.214. The van der Waals surface area contributed by atoms with E-state index in [4.69, 9.17) is 10.5 Å². The highest BCUT2D eigenvalue weighted by Gasteiger charge is 2.07. The quantitative estimate of drug-likeness (QED) is 0.634. The van der Waals surface area contributed by atoms with Crippen LogP contribution in [0.2, 0.25) is 0 Å². The summed E-state index contributed by atoms with van der Waals surface area (Å²) in [7, 11) is 0. The molecule has 6 heteroatoms. The van der Waals surface area contributed by atoms with E-state index in [1.54, 1.807) is 35.1 Å². The summed E-state index contributed by atoms with van der Waals surface area (Å²) in [5.74, 6) is -0.814. The molecule has 0 saturated heterocycles. The molecule has 2 aromatic rings. The Morgan fingerprint density at radius 2 is 2.00 bits per heavy atom. The van der Waals surface area contributed by atoms with Crippen molar-refractivity contribution in [2.45, 2.75) is 12.8 Å². The lowest BCUT2D eigenvalue weighted by atomic mass is 10.2. The van der Waals surface area contributed by atoms with Crippen LogP contribution in [0.25, 0.3) is 5.69 Å². The van der Waals surface area contributed by atoms with Gasteiger partial charge in [-0.3, -0.25) is 4.79 Å². The molecule has 20 heavy (non-hydrogen) atoms. The zero-order chi connectivity index (χ0) is 14.4. The number of rotatable bonds is 6. The largest absolute Gasteiger partial charge is 0.462 e. The van der Waals surface area contributed by atoms with E-state index >= 15 is 0 Å². The van der Waals surface area contributed by atoms with Crippen molar-refractivity contribution in [3.05, 3.63) is 48.3 Å². The first kappa shape index (κ1) is 13.8. The molecule has 0 unspecified atom stereocenters. The van der Waals surface area contributed by atoms with E-state index in [1.165, 1.54) is 0 Å². The SMILES string of the molecule is NC(=O)CCCOC(=O)c1ccc(-n2cccn2)cc1. The number of amides is 1. The van der Waals surface area contributed by atoms with Gasteiger partial charge in [0.15, 0.2) is 0 Å². The van der Waals surface area contributed by atoms with Gasteiger partial charge in [0.2, 0.25) is 5.91 Å². The fourth-order valence-electron chi connectivity index (χ4n) is 1.67. The van der Waals surface area contributed by atoms with Gasteiger partial charge in [-0.05, 0) is 36.8 Å². The normalized spacial score (nSPS) is 10.2. The number of hydrogen-bond acceptors (Lipinski definition) is 4. The Morgan fingerprint density at radius 1 is 1.25 bits per heavy atom. The number of aromatic nitrogens is 2. The summed E-state index contributed by atoms with van der Waals surface area (Å²) in [6.07, 6.45) is 4.15. The van der Waals surface area contributed by atoms with Gasteiger partial charge in [-0.2, -0.15) is 5.10 Å². The van der Waals surface area contributed by atoms with Gasteiger partial charge in [0.05, 0.1) is 17.9 Å². The van der Waals surface area contributed by atoms with Crippen LogP contribution in [0.5, 0.6) is 0 Å². The fourth-order valence-corrected chi connectivity index (χ4v) is 1.67. The molecule has 1 heterocycles. The standard InChI is InChI=1S/C14H15N3O3/c15-13(18)3-1-10-20-14(19)11-4-6-12(7-5-11)17-9-2-8-16-17/h2,4-9H,1,3,10H2,(H2,15,18). The summed E-state index contributed by atoms with van der Waals surface area (Å²) in [5.41, 5.74) is 6.32. The average molecular weight is 273 g/mol. The minimum atomic E-state index is -0.415. The van der Waals surface area contributed by atoms with Crippen molar-refractivity contribution in [3.63, 3.8) is 0 Å². The van der Waals surface area contributed by atoms with E-state index < -0.39 is 11.9 Å². The van der Waals surface area contributed by atoms with Crippen molar-refractivity contribution >= 4 is 11.9 Å². The maximum absolute atomic E-state index is 11.7. The molecule has 1 aromatic carbocycles. The predicted octanol–water partition coefficient (Wildman–Crippen LogP) is 1.29. The lowest BCUT2D eigenvalue weighted by Crippen LogP contribution is -2.13. The van der Waals surface area contributed by atoms with Crippen LogP contribution in [-0.2, 0) is 9.53 Å². The van der Waals surface area contributed by atoms with Crippen molar-refractivity contribution in [3.8, 4) is 5.69 Å². The number of nitrogens with two attached hydrogens (primary N) is 1. The minimum Gasteiger partial charge on any atom is -0.462 e. The molecule has 0 saturated carbocycles. The number of carbonyl (C=O) groups excluding carboxylic acids is 2. The highest BCUT2D eigenvalue weighted by Crippen LogP contribution is 2.09. The third-order valence-corrected chi connectivity index (χ3v) is 2.67. The molecule has 2 rings (SSSR count). The van der Waals surface area contributed by atoms with Gasteiger partial charge in [-0.15, -0.1) is 0 Å². The first-order valence-corrected chi connectivity index (χ1v) is 6.22. The lowest BCUT2D eigenvalue weighted by molar-refractivity contribution is -0.118. The van der Waals surface area contributed by atoms with Gasteiger partial charge >= 0.3 is 5.97 Å². The van der Waals surface area contributed by atoms with Gasteiger partial charge in [0.1, 0.15) is 0 Å². The Kier molecular flexibility index (Phi) is 4.49. The van der Waals surface area contributed by atoms with Crippen LogP contribution in [-0.4, -0.2) is 28.3 Å². The van der Waals surface area contributed by atoms with E-state index in [0.717, 1.165) is 5.69 Å². The number of ether oxygens (including phenoxy) is 1. The van der Waals surface area contributed by atoms with Crippen LogP contribution < -0.4 is 5.73 Å². The zero-order valence-corrected chi connectivity index (χ0v) is 10.9. The summed E-state index contributed by atoms with van der Waals surface area (Å²) in [4.78, 5) is 22.3. The van der Waals surface area contributed by atoms with Gasteiger partial charge in [0.25, 0.3) is 0 Å². The highest BCUT2D eigenvalue weighted by molar-refractivity contribution is 5.89. The topological polar surface area (TPSA) is 87.2 Å². The molecule has 0 bridgehead atoms. The third-order valence-electron chi connectivity index (χ3n) is 2.67. The number of benzene rings is 1. The van der Waals surface area contributed by atoms with Gasteiger partial charge in [-0.25, -0.2) is 9.48 Å². The van der Waals surface area contributed by atoms with Crippen LogP contribution >= 0.6 is 0 Å². The number of esters is 1. The first-order chi connectivity index (χ1) is 9.66. The van der Waals surface area contributed by atoms with E-state index in [9.17, 15) is 9.59 Å². The molecule has 0 fully saturated rings. The predicted molar refractivity (Wildman–Crippen MR) is 72.3 cm³/mol. The molecule has 0 aliphatic carbocycles. The summed E-state index contributed by atoms with van der Waals surface area (Å²) >= 11 is 0. The van der Waals surface area contributed by atoms with Crippen molar-refractivity contribution in [2.24, 2.45) is 5.73 Å². The average Bonchev–Trinajstić information content (AvgIpc) is 2.97. The molecule has 0 aliphatic heterocycles. The van der Waals surface area contributed by atoms with Crippen LogP contribution in [0.4, 0.5) is 0 Å². The molecule has 2 N–H and O–H groups in total. The van der Waals surface area contributed by atoms with Crippen molar-refractivity contribution in [1.82, 2.24) is 9.78 Å². The van der Waals surface area contributed by atoms with E-state index in [0.29, 0.717) is 12.0 Å². The van der Waals surface area contributed by atoms with Gasteiger partial charge < -0.3 is 10.5 Å². The Balaban J connectivity index is 1.89. The summed E-state index contributed by atoms with van der Waals surface area (Å²) in [5, 5.41) is 4.09. The number of carbonyl (C=O) groups is 2. The first-order valence-electron chi connectivity index (χ1n) is 6.22. The maximum atomic E-state index is 11.7. The molecule has 0 radical (unpaired) electrons. The van der Waals surface area contributed by atoms with Crippen molar-refractivity contribution in [2.75, 3.05) is 6.61 Å². The second kappa shape index (κ2) is 6.51. The molecular weight excluding hydrogens is 258 g/mol. The summed E-state index contributed by atoms with van der Waals surface area (Å²) in [6.45, 7) is 0.183. The Bertz CT molecular complexity index is 576. The molecule has 104 valence electrons. The van der Waals surface area contributed by atoms with Crippen molar-refractivity contribution in [1.29, 1.82) is 0 Å². The highest BCUT2D eigenvalue weighted by atomic mass is 16.5. The smallest absolute Gasteiger partial charge is 0.338 e. The van der Waals surface area contributed by atoms with Gasteiger partial charge in [0, 0.05) is 18.8 Å². The second-order valence-corrected chi connectivity index (χ2v) is 4.20. The summed E-state index contributed by atoms with van der Waals surface area (Å²) in [6, 6.07) is 8.74. The Labute approximate surface area is 116 Å². The number of nitrogens with zero attached hydrogens (tertiary/aromatic N) is 2. The zero-order valence-electron chi connectivity index (χ0n) is 10.9. The van der Waals surface area contributed by atoms with Crippen LogP contribution in [0.15, 0.2) is 42.7 Å². The third kappa shape index (κ3) is 3.68.